The molecule has 96 valence electrons. The number of nitrogens with zero attached hydrogens (tertiary/aromatic N) is 1. The van der Waals surface area contributed by atoms with Gasteiger partial charge in [0.15, 0.2) is 0 Å². The molecule has 18 heavy (non-hydrogen) atoms. The highest BCUT2D eigenvalue weighted by Gasteiger charge is 2.38. The summed E-state index contributed by atoms with van der Waals surface area (Å²) in [5.41, 5.74) is 8.29. The van der Waals surface area contributed by atoms with Gasteiger partial charge in [-0.2, -0.15) is 0 Å². The Labute approximate surface area is 108 Å². The molecule has 1 amide bonds. The van der Waals surface area contributed by atoms with Crippen molar-refractivity contribution in [2.75, 3.05) is 18.8 Å². The molecule has 1 saturated carbocycles. The van der Waals surface area contributed by atoms with Crippen molar-refractivity contribution in [3.63, 3.8) is 0 Å². The fourth-order valence-electron chi connectivity index (χ4n) is 3.52. The van der Waals surface area contributed by atoms with Gasteiger partial charge in [-0.25, -0.2) is 0 Å². The summed E-state index contributed by atoms with van der Waals surface area (Å²) in [5.74, 6) is 1.65. The monoisotopic (exact) mass is 244 g/mol. The summed E-state index contributed by atoms with van der Waals surface area (Å²) in [5, 5.41) is 0. The van der Waals surface area contributed by atoms with Crippen LogP contribution in [0.25, 0.3) is 0 Å². The van der Waals surface area contributed by atoms with E-state index in [4.69, 9.17) is 5.73 Å². The standard InChI is InChI=1S/C15H20N2O/c1-10-5-13(7-14(16)6-10)15(18)17-8-11-3-2-4-12(11)9-17/h5-7,11-12H,2-4,8-9,16H2,1H3. The minimum absolute atomic E-state index is 0.153. The maximum absolute atomic E-state index is 12.5. The third kappa shape index (κ3) is 1.98. The molecule has 0 aromatic heterocycles. The fraction of sp³-hybridized carbons (Fsp3) is 0.533. The molecule has 2 atom stereocenters. The van der Waals surface area contributed by atoms with E-state index in [1.165, 1.54) is 19.3 Å². The average molecular weight is 244 g/mol. The van der Waals surface area contributed by atoms with Crippen LogP contribution >= 0.6 is 0 Å². The highest BCUT2D eigenvalue weighted by Crippen LogP contribution is 2.38. The predicted octanol–water partition coefficient (Wildman–Crippen LogP) is 2.45. The van der Waals surface area contributed by atoms with Crippen molar-refractivity contribution in [2.45, 2.75) is 26.2 Å². The van der Waals surface area contributed by atoms with Gasteiger partial charge in [-0.1, -0.05) is 6.42 Å². The molecule has 2 fully saturated rings. The molecule has 0 spiro atoms. The zero-order valence-corrected chi connectivity index (χ0v) is 10.9. The van der Waals surface area contributed by atoms with Crippen molar-refractivity contribution < 1.29 is 4.79 Å². The van der Waals surface area contributed by atoms with Crippen molar-refractivity contribution in [1.29, 1.82) is 0 Å². The number of likely N-dealkylation sites (tertiary alicyclic amines) is 1. The van der Waals surface area contributed by atoms with Gasteiger partial charge in [-0.15, -0.1) is 0 Å². The highest BCUT2D eigenvalue weighted by molar-refractivity contribution is 5.95. The summed E-state index contributed by atoms with van der Waals surface area (Å²) in [4.78, 5) is 14.5. The average Bonchev–Trinajstić information content (AvgIpc) is 2.86. The van der Waals surface area contributed by atoms with Crippen LogP contribution in [0.5, 0.6) is 0 Å². The van der Waals surface area contributed by atoms with Gasteiger partial charge in [0.1, 0.15) is 0 Å². The Morgan fingerprint density at radius 3 is 2.50 bits per heavy atom. The topological polar surface area (TPSA) is 46.3 Å². The Balaban J connectivity index is 1.78. The first-order valence-corrected chi connectivity index (χ1v) is 6.80. The number of hydrogen-bond acceptors (Lipinski definition) is 2. The third-order valence-corrected chi connectivity index (χ3v) is 4.36. The second-order valence-electron chi connectivity index (χ2n) is 5.79. The van der Waals surface area contributed by atoms with E-state index in [1.54, 1.807) is 6.07 Å². The number of hydrogen-bond donors (Lipinski definition) is 1. The smallest absolute Gasteiger partial charge is 0.253 e. The van der Waals surface area contributed by atoms with Gasteiger partial charge in [0.05, 0.1) is 0 Å². The molecule has 1 aliphatic heterocycles. The van der Waals surface area contributed by atoms with E-state index >= 15 is 0 Å². The van der Waals surface area contributed by atoms with Gasteiger partial charge >= 0.3 is 0 Å². The summed E-state index contributed by atoms with van der Waals surface area (Å²) in [7, 11) is 0. The van der Waals surface area contributed by atoms with Gasteiger partial charge in [0.2, 0.25) is 0 Å². The number of carbonyl (C=O) groups is 1. The maximum atomic E-state index is 12.5. The number of carbonyl (C=O) groups excluding carboxylic acids is 1. The van der Waals surface area contributed by atoms with E-state index in [1.807, 2.05) is 24.0 Å². The third-order valence-electron chi connectivity index (χ3n) is 4.36. The van der Waals surface area contributed by atoms with Crippen LogP contribution in [0.15, 0.2) is 18.2 Å². The van der Waals surface area contributed by atoms with Crippen molar-refractivity contribution in [2.24, 2.45) is 11.8 Å². The second kappa shape index (κ2) is 4.30. The molecule has 1 aliphatic carbocycles. The SMILES string of the molecule is Cc1cc(N)cc(C(=O)N2CC3CCCC3C2)c1. The first-order valence-electron chi connectivity index (χ1n) is 6.80. The number of nitrogen functional groups attached to an aromatic ring is 1. The first-order chi connectivity index (χ1) is 8.63. The van der Waals surface area contributed by atoms with E-state index < -0.39 is 0 Å². The van der Waals surface area contributed by atoms with E-state index in [0.717, 1.165) is 36.1 Å². The molecule has 1 saturated heterocycles. The molecular formula is C15H20N2O. The lowest BCUT2D eigenvalue weighted by atomic mass is 10.0. The molecule has 3 heteroatoms. The van der Waals surface area contributed by atoms with E-state index in [9.17, 15) is 4.79 Å². The summed E-state index contributed by atoms with van der Waals surface area (Å²) in [6.45, 7) is 3.86. The minimum Gasteiger partial charge on any atom is -0.399 e. The number of fused-ring (bicyclic) bond motifs is 1. The van der Waals surface area contributed by atoms with Crippen LogP contribution in [0.4, 0.5) is 5.69 Å². The fourth-order valence-corrected chi connectivity index (χ4v) is 3.52. The number of aryl methyl sites for hydroxylation is 1. The lowest BCUT2D eigenvalue weighted by Gasteiger charge is -2.18. The molecule has 0 bridgehead atoms. The van der Waals surface area contributed by atoms with Crippen LogP contribution < -0.4 is 5.73 Å². The zero-order chi connectivity index (χ0) is 12.7. The van der Waals surface area contributed by atoms with E-state index in [2.05, 4.69) is 0 Å². The highest BCUT2D eigenvalue weighted by atomic mass is 16.2. The maximum Gasteiger partial charge on any atom is 0.253 e. The summed E-state index contributed by atoms with van der Waals surface area (Å²) < 4.78 is 0. The Morgan fingerprint density at radius 1 is 1.22 bits per heavy atom. The predicted molar refractivity (Wildman–Crippen MR) is 72.3 cm³/mol. The van der Waals surface area contributed by atoms with Crippen LogP contribution in [0.1, 0.15) is 35.2 Å². The number of rotatable bonds is 1. The lowest BCUT2D eigenvalue weighted by Crippen LogP contribution is -2.29. The second-order valence-corrected chi connectivity index (χ2v) is 5.79. The van der Waals surface area contributed by atoms with Crippen molar-refractivity contribution in [1.82, 2.24) is 4.90 Å². The summed E-state index contributed by atoms with van der Waals surface area (Å²) in [6.07, 6.45) is 3.93. The van der Waals surface area contributed by atoms with Crippen molar-refractivity contribution in [3.8, 4) is 0 Å². The molecule has 1 aromatic carbocycles. The number of amides is 1. The quantitative estimate of drug-likeness (QED) is 0.771. The molecule has 3 rings (SSSR count). The van der Waals surface area contributed by atoms with E-state index in [0.29, 0.717) is 5.69 Å². The van der Waals surface area contributed by atoms with E-state index in [-0.39, 0.29) is 5.91 Å². The van der Waals surface area contributed by atoms with Crippen molar-refractivity contribution >= 4 is 11.6 Å². The van der Waals surface area contributed by atoms with Gasteiger partial charge < -0.3 is 10.6 Å². The molecule has 2 N–H and O–H groups in total. The Kier molecular flexibility index (Phi) is 2.77. The normalized spacial score (nSPS) is 26.4. The van der Waals surface area contributed by atoms with Gasteiger partial charge in [0, 0.05) is 24.3 Å². The van der Waals surface area contributed by atoms with Crippen LogP contribution in [0.3, 0.4) is 0 Å². The molecule has 0 radical (unpaired) electrons. The summed E-state index contributed by atoms with van der Waals surface area (Å²) in [6, 6.07) is 5.63. The minimum atomic E-state index is 0.153. The molecule has 2 aliphatic rings. The molecule has 1 aromatic rings. The van der Waals surface area contributed by atoms with Gasteiger partial charge in [0.25, 0.3) is 5.91 Å². The number of nitrogens with two attached hydrogens (primary N) is 1. The number of anilines is 1. The van der Waals surface area contributed by atoms with Gasteiger partial charge in [-0.3, -0.25) is 4.79 Å². The largest absolute Gasteiger partial charge is 0.399 e. The molecular weight excluding hydrogens is 224 g/mol. The Morgan fingerprint density at radius 2 is 1.89 bits per heavy atom. The molecule has 3 nitrogen and oxygen atoms in total. The Hall–Kier alpha value is -1.51. The van der Waals surface area contributed by atoms with Crippen LogP contribution in [-0.2, 0) is 0 Å². The van der Waals surface area contributed by atoms with Crippen molar-refractivity contribution in [3.05, 3.63) is 29.3 Å². The Bertz CT molecular complexity index is 451. The van der Waals surface area contributed by atoms with Crippen LogP contribution in [0, 0.1) is 18.8 Å². The van der Waals surface area contributed by atoms with Gasteiger partial charge in [-0.05, 0) is 55.4 Å². The van der Waals surface area contributed by atoms with Crippen LogP contribution in [0.2, 0.25) is 0 Å². The summed E-state index contributed by atoms with van der Waals surface area (Å²) >= 11 is 0. The lowest BCUT2D eigenvalue weighted by molar-refractivity contribution is 0.0780. The zero-order valence-electron chi connectivity index (χ0n) is 10.9. The molecule has 2 unspecified atom stereocenters. The number of benzene rings is 1. The van der Waals surface area contributed by atoms with Crippen LogP contribution in [-0.4, -0.2) is 23.9 Å². The first kappa shape index (κ1) is 11.6. The molecule has 1 heterocycles.